The van der Waals surface area contributed by atoms with Gasteiger partial charge in [0.05, 0.1) is 11.8 Å². The second-order valence-corrected chi connectivity index (χ2v) is 6.27. The molecule has 0 N–H and O–H groups in total. The number of hydrogen-bond acceptors (Lipinski definition) is 3. The molecule has 6 heteroatoms. The van der Waals surface area contributed by atoms with Crippen molar-refractivity contribution in [2.24, 2.45) is 11.8 Å². The van der Waals surface area contributed by atoms with Crippen molar-refractivity contribution < 1.29 is 14.4 Å². The van der Waals surface area contributed by atoms with E-state index >= 15 is 0 Å². The molecule has 23 heavy (non-hydrogen) atoms. The van der Waals surface area contributed by atoms with E-state index in [1.54, 1.807) is 24.3 Å². The number of halogens is 1. The predicted octanol–water partition coefficient (Wildman–Crippen LogP) is 2.60. The van der Waals surface area contributed by atoms with Gasteiger partial charge in [0.1, 0.15) is 6.67 Å². The van der Waals surface area contributed by atoms with E-state index in [9.17, 15) is 14.4 Å². The quantitative estimate of drug-likeness (QED) is 0.631. The van der Waals surface area contributed by atoms with Gasteiger partial charge in [0, 0.05) is 17.6 Å². The SMILES string of the molecule is CC(=O)N(CN1C(=O)[C@H]2CC=CC[C@H]2C1=O)c1cccc(Cl)c1. The molecule has 5 nitrogen and oxygen atoms in total. The number of anilines is 1. The zero-order chi connectivity index (χ0) is 16.6. The summed E-state index contributed by atoms with van der Waals surface area (Å²) < 4.78 is 0. The highest BCUT2D eigenvalue weighted by Gasteiger charge is 2.47. The Morgan fingerprint density at radius 2 is 1.83 bits per heavy atom. The minimum Gasteiger partial charge on any atom is -0.294 e. The average Bonchev–Trinajstić information content (AvgIpc) is 2.77. The van der Waals surface area contributed by atoms with Gasteiger partial charge in [-0.2, -0.15) is 0 Å². The molecule has 1 aliphatic heterocycles. The van der Waals surface area contributed by atoms with Crippen molar-refractivity contribution in [3.05, 3.63) is 41.4 Å². The molecule has 0 saturated carbocycles. The zero-order valence-electron chi connectivity index (χ0n) is 12.7. The van der Waals surface area contributed by atoms with E-state index in [-0.39, 0.29) is 36.2 Å². The lowest BCUT2D eigenvalue weighted by molar-refractivity contribution is -0.140. The molecule has 1 aromatic carbocycles. The third-order valence-electron chi connectivity index (χ3n) is 4.38. The zero-order valence-corrected chi connectivity index (χ0v) is 13.5. The second kappa shape index (κ2) is 6.16. The van der Waals surface area contributed by atoms with Gasteiger partial charge in [0.25, 0.3) is 0 Å². The predicted molar refractivity (Wildman–Crippen MR) is 86.7 cm³/mol. The third-order valence-corrected chi connectivity index (χ3v) is 4.62. The van der Waals surface area contributed by atoms with Crippen molar-refractivity contribution in [3.8, 4) is 0 Å². The summed E-state index contributed by atoms with van der Waals surface area (Å²) in [6, 6.07) is 6.80. The first-order chi connectivity index (χ1) is 11.0. The number of benzene rings is 1. The highest BCUT2D eigenvalue weighted by molar-refractivity contribution is 6.30. The molecule has 0 spiro atoms. The van der Waals surface area contributed by atoms with Crippen LogP contribution in [0.3, 0.4) is 0 Å². The summed E-state index contributed by atoms with van der Waals surface area (Å²) in [5.74, 6) is -1.22. The molecule has 0 radical (unpaired) electrons. The highest BCUT2D eigenvalue weighted by Crippen LogP contribution is 2.35. The summed E-state index contributed by atoms with van der Waals surface area (Å²) in [6.07, 6.45) is 5.05. The van der Waals surface area contributed by atoms with Crippen LogP contribution in [0.25, 0.3) is 0 Å². The van der Waals surface area contributed by atoms with Crippen LogP contribution in [0.4, 0.5) is 5.69 Å². The van der Waals surface area contributed by atoms with Crippen LogP contribution in [-0.4, -0.2) is 29.3 Å². The average molecular weight is 333 g/mol. The molecule has 0 bridgehead atoms. The van der Waals surface area contributed by atoms with Crippen LogP contribution in [0.2, 0.25) is 5.02 Å². The lowest BCUT2D eigenvalue weighted by atomic mass is 9.85. The van der Waals surface area contributed by atoms with Gasteiger partial charge in [-0.1, -0.05) is 29.8 Å². The molecule has 3 rings (SSSR count). The number of carbonyl (C=O) groups is 3. The van der Waals surface area contributed by atoms with E-state index in [0.717, 1.165) is 0 Å². The number of likely N-dealkylation sites (tertiary alicyclic amines) is 1. The van der Waals surface area contributed by atoms with Gasteiger partial charge < -0.3 is 0 Å². The molecule has 0 unspecified atom stereocenters. The van der Waals surface area contributed by atoms with Crippen LogP contribution in [0.1, 0.15) is 19.8 Å². The van der Waals surface area contributed by atoms with Crippen molar-refractivity contribution in [2.45, 2.75) is 19.8 Å². The number of carbonyl (C=O) groups excluding carboxylic acids is 3. The highest BCUT2D eigenvalue weighted by atomic mass is 35.5. The standard InChI is InChI=1S/C17H17ClN2O3/c1-11(21)19(13-6-4-5-12(18)9-13)10-20-16(22)14-7-2-3-8-15(14)17(20)23/h2-6,9,14-15H,7-8,10H2,1H3/t14-,15+. The van der Waals surface area contributed by atoms with Crippen LogP contribution in [0, 0.1) is 11.8 Å². The number of fused-ring (bicyclic) bond motifs is 1. The fourth-order valence-corrected chi connectivity index (χ4v) is 3.34. The van der Waals surface area contributed by atoms with Gasteiger partial charge in [0.15, 0.2) is 0 Å². The van der Waals surface area contributed by atoms with E-state index in [0.29, 0.717) is 23.6 Å². The molecule has 2 aliphatic rings. The summed E-state index contributed by atoms with van der Waals surface area (Å²) in [7, 11) is 0. The van der Waals surface area contributed by atoms with E-state index in [1.807, 2.05) is 12.2 Å². The number of nitrogens with zero attached hydrogens (tertiary/aromatic N) is 2. The molecule has 1 fully saturated rings. The van der Waals surface area contributed by atoms with E-state index < -0.39 is 0 Å². The summed E-state index contributed by atoms with van der Waals surface area (Å²) in [6.45, 7) is 1.33. The molecule has 1 aromatic rings. The second-order valence-electron chi connectivity index (χ2n) is 5.83. The molecule has 3 amide bonds. The maximum absolute atomic E-state index is 12.5. The first kappa shape index (κ1) is 15.7. The van der Waals surface area contributed by atoms with Crippen LogP contribution >= 0.6 is 11.6 Å². The normalized spacial score (nSPS) is 23.1. The molecule has 1 saturated heterocycles. The number of rotatable bonds is 3. The Balaban J connectivity index is 1.85. The van der Waals surface area contributed by atoms with Gasteiger partial charge in [-0.3, -0.25) is 24.2 Å². The van der Waals surface area contributed by atoms with E-state index in [1.165, 1.54) is 16.7 Å². The van der Waals surface area contributed by atoms with Gasteiger partial charge in [-0.05, 0) is 31.0 Å². The Hall–Kier alpha value is -2.14. The molecule has 2 atom stereocenters. The van der Waals surface area contributed by atoms with Crippen LogP contribution in [-0.2, 0) is 14.4 Å². The summed E-state index contributed by atoms with van der Waals surface area (Å²) in [5.41, 5.74) is 0.568. The maximum atomic E-state index is 12.5. The molecule has 120 valence electrons. The van der Waals surface area contributed by atoms with Gasteiger partial charge in [-0.25, -0.2) is 0 Å². The third kappa shape index (κ3) is 2.88. The molecule has 0 aromatic heterocycles. The molecular weight excluding hydrogens is 316 g/mol. The first-order valence-corrected chi connectivity index (χ1v) is 7.90. The fourth-order valence-electron chi connectivity index (χ4n) is 3.16. The smallest absolute Gasteiger partial charge is 0.234 e. The summed E-state index contributed by atoms with van der Waals surface area (Å²) in [5, 5.41) is 0.491. The lowest BCUT2D eigenvalue weighted by Crippen LogP contribution is -2.44. The summed E-state index contributed by atoms with van der Waals surface area (Å²) >= 11 is 5.97. The van der Waals surface area contributed by atoms with Crippen LogP contribution in [0.15, 0.2) is 36.4 Å². The minimum absolute atomic E-state index is 0.0691. The van der Waals surface area contributed by atoms with Gasteiger partial charge in [0.2, 0.25) is 17.7 Å². The fraction of sp³-hybridized carbons (Fsp3) is 0.353. The molecule has 1 aliphatic carbocycles. The Kier molecular flexibility index (Phi) is 4.22. The number of hydrogen-bond donors (Lipinski definition) is 0. The van der Waals surface area contributed by atoms with Crippen molar-refractivity contribution >= 4 is 35.0 Å². The first-order valence-electron chi connectivity index (χ1n) is 7.53. The van der Waals surface area contributed by atoms with Crippen LogP contribution in [0.5, 0.6) is 0 Å². The monoisotopic (exact) mass is 332 g/mol. The van der Waals surface area contributed by atoms with Crippen molar-refractivity contribution in [1.82, 2.24) is 4.90 Å². The Labute approximate surface area is 139 Å². The molecule has 1 heterocycles. The lowest BCUT2D eigenvalue weighted by Gasteiger charge is -2.26. The largest absolute Gasteiger partial charge is 0.294 e. The van der Waals surface area contributed by atoms with E-state index in [2.05, 4.69) is 0 Å². The maximum Gasteiger partial charge on any atom is 0.234 e. The van der Waals surface area contributed by atoms with Crippen molar-refractivity contribution in [1.29, 1.82) is 0 Å². The topological polar surface area (TPSA) is 57.7 Å². The van der Waals surface area contributed by atoms with E-state index in [4.69, 9.17) is 11.6 Å². The van der Waals surface area contributed by atoms with Gasteiger partial charge >= 0.3 is 0 Å². The van der Waals surface area contributed by atoms with Gasteiger partial charge in [-0.15, -0.1) is 0 Å². The van der Waals surface area contributed by atoms with Crippen molar-refractivity contribution in [3.63, 3.8) is 0 Å². The minimum atomic E-state index is -0.291. The Bertz CT molecular complexity index is 675. The van der Waals surface area contributed by atoms with Crippen molar-refractivity contribution in [2.75, 3.05) is 11.6 Å². The summed E-state index contributed by atoms with van der Waals surface area (Å²) in [4.78, 5) is 39.6. The Morgan fingerprint density at radius 3 is 2.35 bits per heavy atom. The number of allylic oxidation sites excluding steroid dienone is 2. The number of imide groups is 1. The molecular formula is C17H17ClN2O3. The van der Waals surface area contributed by atoms with Crippen LogP contribution < -0.4 is 4.90 Å². The number of amides is 3. The Morgan fingerprint density at radius 1 is 1.22 bits per heavy atom.